The number of aromatic nitrogens is 2. The molecule has 4 N–H and O–H groups in total. The summed E-state index contributed by atoms with van der Waals surface area (Å²) in [5.41, 5.74) is 3.69. The molecule has 0 fully saturated rings. The molecule has 0 aliphatic heterocycles. The van der Waals surface area contributed by atoms with Crippen LogP contribution >= 0.6 is 0 Å². The van der Waals surface area contributed by atoms with Gasteiger partial charge in [0.05, 0.1) is 6.04 Å². The van der Waals surface area contributed by atoms with Crippen LogP contribution < -0.4 is 10.8 Å². The Kier molecular flexibility index (Phi) is 5.04. The number of carbonyl (C=O) groups is 2. The van der Waals surface area contributed by atoms with Gasteiger partial charge in [0, 0.05) is 11.3 Å². The van der Waals surface area contributed by atoms with Crippen molar-refractivity contribution < 1.29 is 14.8 Å². The molecular weight excluding hydrogens is 308 g/mol. The summed E-state index contributed by atoms with van der Waals surface area (Å²) in [7, 11) is 0. The quantitative estimate of drug-likeness (QED) is 0.510. The first kappa shape index (κ1) is 17.7. The van der Waals surface area contributed by atoms with Crippen LogP contribution in [0.15, 0.2) is 30.3 Å². The number of benzene rings is 1. The van der Waals surface area contributed by atoms with Crippen LogP contribution in [-0.4, -0.2) is 27.2 Å². The minimum absolute atomic E-state index is 0.248. The van der Waals surface area contributed by atoms with Gasteiger partial charge in [-0.3, -0.25) is 19.9 Å². The van der Waals surface area contributed by atoms with Crippen molar-refractivity contribution in [1.82, 2.24) is 21.0 Å². The number of carbonyl (C=O) groups excluding carboxylic acids is 2. The number of aromatic amines is 1. The van der Waals surface area contributed by atoms with E-state index in [1.807, 2.05) is 27.7 Å². The van der Waals surface area contributed by atoms with Crippen molar-refractivity contribution in [3.05, 3.63) is 52.8 Å². The number of rotatable bonds is 4. The van der Waals surface area contributed by atoms with E-state index in [-0.39, 0.29) is 17.4 Å². The Bertz CT molecular complexity index is 729. The summed E-state index contributed by atoms with van der Waals surface area (Å²) in [4.78, 5) is 23.8. The number of nitrogens with one attached hydrogen (secondary N) is 3. The molecule has 2 aromatic rings. The fourth-order valence-corrected chi connectivity index (χ4v) is 2.43. The third kappa shape index (κ3) is 3.99. The molecule has 0 aliphatic rings. The van der Waals surface area contributed by atoms with E-state index >= 15 is 0 Å². The van der Waals surface area contributed by atoms with E-state index in [0.717, 1.165) is 11.3 Å². The van der Waals surface area contributed by atoms with E-state index in [1.54, 1.807) is 35.8 Å². The Hall–Kier alpha value is -2.67. The van der Waals surface area contributed by atoms with Crippen molar-refractivity contribution in [2.75, 3.05) is 0 Å². The number of hydrogen-bond donors (Lipinski definition) is 4. The molecule has 0 saturated carbocycles. The van der Waals surface area contributed by atoms with Crippen LogP contribution in [0.5, 0.6) is 0 Å². The summed E-state index contributed by atoms with van der Waals surface area (Å²) in [6, 6.07) is 8.14. The van der Waals surface area contributed by atoms with Crippen molar-refractivity contribution in [2.24, 2.45) is 5.41 Å². The Morgan fingerprint density at radius 3 is 2.25 bits per heavy atom. The standard InChI is InChI=1S/C17H22N4O3/c1-10-9-13(20-19-10)16(23)18-14(17(2,3)4)11-5-7-12(8-6-11)15(22)21-24/h5-9,14,24H,1-4H3,(H,18,23)(H,19,20)(H,21,22). The molecule has 0 bridgehead atoms. The fourth-order valence-electron chi connectivity index (χ4n) is 2.43. The highest BCUT2D eigenvalue weighted by Crippen LogP contribution is 2.33. The molecule has 7 nitrogen and oxygen atoms in total. The molecule has 0 radical (unpaired) electrons. The molecular formula is C17H22N4O3. The fraction of sp³-hybridized carbons (Fsp3) is 0.353. The van der Waals surface area contributed by atoms with Gasteiger partial charge in [-0.1, -0.05) is 32.9 Å². The maximum Gasteiger partial charge on any atom is 0.274 e. The number of hydrogen-bond acceptors (Lipinski definition) is 4. The lowest BCUT2D eigenvalue weighted by atomic mass is 9.82. The minimum Gasteiger partial charge on any atom is -0.343 e. The largest absolute Gasteiger partial charge is 0.343 e. The molecule has 7 heteroatoms. The molecule has 128 valence electrons. The number of aryl methyl sites for hydroxylation is 1. The van der Waals surface area contributed by atoms with Gasteiger partial charge in [-0.25, -0.2) is 5.48 Å². The van der Waals surface area contributed by atoms with Gasteiger partial charge in [-0.15, -0.1) is 0 Å². The van der Waals surface area contributed by atoms with Crippen LogP contribution in [0, 0.1) is 12.3 Å². The van der Waals surface area contributed by atoms with E-state index in [1.165, 1.54) is 0 Å². The van der Waals surface area contributed by atoms with Crippen LogP contribution in [0.2, 0.25) is 0 Å². The molecule has 24 heavy (non-hydrogen) atoms. The van der Waals surface area contributed by atoms with Gasteiger partial charge in [0.1, 0.15) is 5.69 Å². The van der Waals surface area contributed by atoms with Gasteiger partial charge in [-0.2, -0.15) is 5.10 Å². The Morgan fingerprint density at radius 2 is 1.79 bits per heavy atom. The Balaban J connectivity index is 2.26. The molecule has 2 rings (SSSR count). The van der Waals surface area contributed by atoms with Crippen LogP contribution in [0.25, 0.3) is 0 Å². The van der Waals surface area contributed by atoms with E-state index in [4.69, 9.17) is 5.21 Å². The first-order valence-electron chi connectivity index (χ1n) is 7.59. The monoisotopic (exact) mass is 330 g/mol. The van der Waals surface area contributed by atoms with Crippen molar-refractivity contribution in [3.63, 3.8) is 0 Å². The highest BCUT2D eigenvalue weighted by molar-refractivity contribution is 5.93. The molecule has 0 aliphatic carbocycles. The molecule has 1 unspecified atom stereocenters. The lowest BCUT2D eigenvalue weighted by Crippen LogP contribution is -2.36. The summed E-state index contributed by atoms with van der Waals surface area (Å²) >= 11 is 0. The van der Waals surface area contributed by atoms with Gasteiger partial charge in [0.15, 0.2) is 0 Å². The maximum atomic E-state index is 12.4. The summed E-state index contributed by atoms with van der Waals surface area (Å²) in [5, 5.41) is 18.4. The van der Waals surface area contributed by atoms with Crippen LogP contribution in [-0.2, 0) is 0 Å². The summed E-state index contributed by atoms with van der Waals surface area (Å²) < 4.78 is 0. The molecule has 1 atom stereocenters. The highest BCUT2D eigenvalue weighted by atomic mass is 16.5. The normalized spacial score (nSPS) is 12.5. The first-order valence-corrected chi connectivity index (χ1v) is 7.59. The van der Waals surface area contributed by atoms with E-state index in [0.29, 0.717) is 11.3 Å². The van der Waals surface area contributed by atoms with Crippen LogP contribution in [0.1, 0.15) is 58.9 Å². The average molecular weight is 330 g/mol. The zero-order chi connectivity index (χ0) is 17.9. The van der Waals surface area contributed by atoms with Crippen molar-refractivity contribution in [2.45, 2.75) is 33.7 Å². The summed E-state index contributed by atoms with van der Waals surface area (Å²) in [5.74, 6) is -0.846. The predicted molar refractivity (Wildman–Crippen MR) is 88.7 cm³/mol. The van der Waals surface area contributed by atoms with E-state index < -0.39 is 5.91 Å². The second-order valence-corrected chi connectivity index (χ2v) is 6.77. The SMILES string of the molecule is Cc1cc(C(=O)NC(c2ccc(C(=O)NO)cc2)C(C)(C)C)n[nH]1. The zero-order valence-electron chi connectivity index (χ0n) is 14.2. The zero-order valence-corrected chi connectivity index (χ0v) is 14.2. The van der Waals surface area contributed by atoms with E-state index in [2.05, 4.69) is 15.5 Å². The number of H-pyrrole nitrogens is 1. The second kappa shape index (κ2) is 6.84. The van der Waals surface area contributed by atoms with Gasteiger partial charge in [-0.05, 0) is 36.1 Å². The molecule has 1 aromatic carbocycles. The minimum atomic E-state index is -0.579. The summed E-state index contributed by atoms with van der Waals surface area (Å²) in [6.45, 7) is 7.88. The van der Waals surface area contributed by atoms with Crippen LogP contribution in [0.3, 0.4) is 0 Å². The van der Waals surface area contributed by atoms with Crippen molar-refractivity contribution in [1.29, 1.82) is 0 Å². The number of amides is 2. The van der Waals surface area contributed by atoms with Gasteiger partial charge >= 0.3 is 0 Å². The smallest absolute Gasteiger partial charge is 0.274 e. The van der Waals surface area contributed by atoms with Gasteiger partial charge < -0.3 is 5.32 Å². The van der Waals surface area contributed by atoms with E-state index in [9.17, 15) is 9.59 Å². The average Bonchev–Trinajstić information content (AvgIpc) is 2.97. The van der Waals surface area contributed by atoms with Gasteiger partial charge in [0.2, 0.25) is 0 Å². The topological polar surface area (TPSA) is 107 Å². The lowest BCUT2D eigenvalue weighted by molar-refractivity contribution is 0.0706. The summed E-state index contributed by atoms with van der Waals surface area (Å²) in [6.07, 6.45) is 0. The molecule has 2 amide bonds. The number of nitrogens with zero attached hydrogens (tertiary/aromatic N) is 1. The van der Waals surface area contributed by atoms with Crippen molar-refractivity contribution >= 4 is 11.8 Å². The first-order chi connectivity index (χ1) is 11.2. The molecule has 0 saturated heterocycles. The molecule has 1 aromatic heterocycles. The Labute approximate surface area is 140 Å². The van der Waals surface area contributed by atoms with Gasteiger partial charge in [0.25, 0.3) is 11.8 Å². The third-order valence-electron chi connectivity index (χ3n) is 3.69. The van der Waals surface area contributed by atoms with Crippen molar-refractivity contribution in [3.8, 4) is 0 Å². The molecule has 1 heterocycles. The number of hydroxylamine groups is 1. The molecule has 0 spiro atoms. The highest BCUT2D eigenvalue weighted by Gasteiger charge is 2.29. The lowest BCUT2D eigenvalue weighted by Gasteiger charge is -2.31. The Morgan fingerprint density at radius 1 is 1.17 bits per heavy atom. The predicted octanol–water partition coefficient (Wildman–Crippen LogP) is 2.35. The third-order valence-corrected chi connectivity index (χ3v) is 3.69. The second-order valence-electron chi connectivity index (χ2n) is 6.77. The van der Waals surface area contributed by atoms with Crippen LogP contribution in [0.4, 0.5) is 0 Å². The maximum absolute atomic E-state index is 12.4.